The fraction of sp³-hybridized carbons (Fsp3) is 0.294. The third kappa shape index (κ3) is 2.98. The van der Waals surface area contributed by atoms with Crippen molar-refractivity contribution in [3.05, 3.63) is 52.6 Å². The number of aliphatic hydroxyl groups is 1. The number of anilines is 1. The van der Waals surface area contributed by atoms with Gasteiger partial charge in [0.05, 0.1) is 19.0 Å². The normalized spacial score (nSPS) is 19.7. The number of aliphatic hydroxyl groups excluding tert-OH is 1. The van der Waals surface area contributed by atoms with Crippen molar-refractivity contribution in [2.24, 2.45) is 0 Å². The molecule has 1 aromatic carbocycles. The van der Waals surface area contributed by atoms with Crippen LogP contribution in [0, 0.1) is 0 Å². The van der Waals surface area contributed by atoms with Crippen LogP contribution in [0.5, 0.6) is 0 Å². The molecule has 1 aliphatic heterocycles. The average molecular weight is 355 g/mol. The van der Waals surface area contributed by atoms with Gasteiger partial charge in [-0.3, -0.25) is 24.5 Å². The molecule has 3 heterocycles. The van der Waals surface area contributed by atoms with Gasteiger partial charge in [0.2, 0.25) is 5.95 Å². The summed E-state index contributed by atoms with van der Waals surface area (Å²) in [5.74, 6) is -0.341. The maximum Gasteiger partial charge on any atom is 0.280 e. The van der Waals surface area contributed by atoms with Crippen molar-refractivity contribution in [3.8, 4) is 0 Å². The van der Waals surface area contributed by atoms with Gasteiger partial charge in [0, 0.05) is 5.56 Å². The number of amides is 1. The molecule has 4 rings (SSSR count). The Balaban J connectivity index is 1.66. The standard InChI is InChI=1S/C17H17N5O4/c23-8-11-6-7-12(26-11)22-9-18-13-14(22)19-17(21-16(13)25)20-15(24)10-4-2-1-3-5-10/h1-5,9,11-12,23H,6-8H2,(H2,19,20,21,24,25)/t11-,12+/m0/s1. The second kappa shape index (κ2) is 6.70. The molecular weight excluding hydrogens is 338 g/mol. The SMILES string of the molecule is O=C(Nc1nc2c(ncn2[C@H]2CC[C@@H](CO)O2)c(=O)[nH]1)c1ccccc1. The lowest BCUT2D eigenvalue weighted by molar-refractivity contribution is -0.0207. The Hall–Kier alpha value is -3.04. The van der Waals surface area contributed by atoms with E-state index < -0.39 is 5.56 Å². The van der Waals surface area contributed by atoms with Crippen molar-refractivity contribution in [1.82, 2.24) is 19.5 Å². The predicted octanol–water partition coefficient (Wildman–Crippen LogP) is 1.04. The summed E-state index contributed by atoms with van der Waals surface area (Å²) in [4.78, 5) is 35.5. The lowest BCUT2D eigenvalue weighted by atomic mass is 10.2. The minimum Gasteiger partial charge on any atom is -0.394 e. The van der Waals surface area contributed by atoms with Gasteiger partial charge in [0.15, 0.2) is 11.2 Å². The number of imidazole rings is 1. The summed E-state index contributed by atoms with van der Waals surface area (Å²) in [7, 11) is 0. The summed E-state index contributed by atoms with van der Waals surface area (Å²) in [6.07, 6.45) is 2.28. The molecule has 2 atom stereocenters. The van der Waals surface area contributed by atoms with Crippen molar-refractivity contribution in [1.29, 1.82) is 0 Å². The molecule has 0 radical (unpaired) electrons. The van der Waals surface area contributed by atoms with Crippen LogP contribution in [0.2, 0.25) is 0 Å². The molecule has 0 saturated carbocycles. The Morgan fingerprint density at radius 3 is 2.88 bits per heavy atom. The first kappa shape index (κ1) is 16.4. The maximum absolute atomic E-state index is 12.3. The monoisotopic (exact) mass is 355 g/mol. The average Bonchev–Trinajstić information content (AvgIpc) is 3.29. The summed E-state index contributed by atoms with van der Waals surface area (Å²) >= 11 is 0. The van der Waals surface area contributed by atoms with E-state index in [-0.39, 0.29) is 36.3 Å². The Morgan fingerprint density at radius 2 is 2.15 bits per heavy atom. The van der Waals surface area contributed by atoms with Gasteiger partial charge in [-0.15, -0.1) is 0 Å². The molecule has 3 aromatic rings. The minimum atomic E-state index is -0.450. The number of aromatic nitrogens is 4. The third-order valence-electron chi connectivity index (χ3n) is 4.30. The highest BCUT2D eigenvalue weighted by atomic mass is 16.5. The van der Waals surface area contributed by atoms with Crippen LogP contribution in [0.25, 0.3) is 11.2 Å². The molecule has 0 spiro atoms. The fourth-order valence-electron chi connectivity index (χ4n) is 2.99. The quantitative estimate of drug-likeness (QED) is 0.643. The molecule has 26 heavy (non-hydrogen) atoms. The highest BCUT2D eigenvalue weighted by molar-refractivity contribution is 6.03. The van der Waals surface area contributed by atoms with Crippen LogP contribution in [-0.4, -0.2) is 43.2 Å². The smallest absolute Gasteiger partial charge is 0.280 e. The first-order chi connectivity index (χ1) is 12.7. The highest BCUT2D eigenvalue weighted by Crippen LogP contribution is 2.29. The second-order valence-corrected chi connectivity index (χ2v) is 6.03. The van der Waals surface area contributed by atoms with Crippen molar-refractivity contribution in [2.75, 3.05) is 11.9 Å². The number of nitrogens with zero attached hydrogens (tertiary/aromatic N) is 3. The van der Waals surface area contributed by atoms with Gasteiger partial charge in [0.1, 0.15) is 6.23 Å². The van der Waals surface area contributed by atoms with E-state index >= 15 is 0 Å². The number of ether oxygens (including phenoxy) is 1. The van der Waals surface area contributed by atoms with Crippen molar-refractivity contribution in [2.45, 2.75) is 25.2 Å². The zero-order chi connectivity index (χ0) is 18.1. The van der Waals surface area contributed by atoms with E-state index in [1.54, 1.807) is 28.8 Å². The van der Waals surface area contributed by atoms with Gasteiger partial charge in [0.25, 0.3) is 11.5 Å². The van der Waals surface area contributed by atoms with E-state index in [0.717, 1.165) is 0 Å². The number of aromatic amines is 1. The van der Waals surface area contributed by atoms with Crippen molar-refractivity contribution in [3.63, 3.8) is 0 Å². The molecule has 1 aliphatic rings. The number of rotatable bonds is 4. The Labute approximate surface area is 147 Å². The van der Waals surface area contributed by atoms with E-state index in [0.29, 0.717) is 24.1 Å². The van der Waals surface area contributed by atoms with Crippen molar-refractivity contribution >= 4 is 23.0 Å². The van der Waals surface area contributed by atoms with Crippen LogP contribution >= 0.6 is 0 Å². The zero-order valence-electron chi connectivity index (χ0n) is 13.8. The molecule has 3 N–H and O–H groups in total. The van der Waals surface area contributed by atoms with E-state index in [4.69, 9.17) is 4.74 Å². The third-order valence-corrected chi connectivity index (χ3v) is 4.30. The molecule has 1 fully saturated rings. The zero-order valence-corrected chi connectivity index (χ0v) is 13.8. The highest BCUT2D eigenvalue weighted by Gasteiger charge is 2.28. The summed E-state index contributed by atoms with van der Waals surface area (Å²) in [5, 5.41) is 11.8. The number of fused-ring (bicyclic) bond motifs is 1. The van der Waals surface area contributed by atoms with Crippen molar-refractivity contribution < 1.29 is 14.6 Å². The molecule has 9 nitrogen and oxygen atoms in total. The van der Waals surface area contributed by atoms with Crippen LogP contribution in [0.15, 0.2) is 41.5 Å². The molecular formula is C17H17N5O4. The summed E-state index contributed by atoms with van der Waals surface area (Å²) in [6.45, 7) is -0.0600. The van der Waals surface area contributed by atoms with Crippen LogP contribution in [0.3, 0.4) is 0 Å². The van der Waals surface area contributed by atoms with Crippen LogP contribution in [0.1, 0.15) is 29.4 Å². The summed E-state index contributed by atoms with van der Waals surface area (Å²) < 4.78 is 7.38. The number of nitrogens with one attached hydrogen (secondary N) is 2. The summed E-state index contributed by atoms with van der Waals surface area (Å²) in [5.41, 5.74) is 0.488. The van der Waals surface area contributed by atoms with E-state index in [9.17, 15) is 14.7 Å². The van der Waals surface area contributed by atoms with Gasteiger partial charge >= 0.3 is 0 Å². The molecule has 134 valence electrons. The molecule has 0 unspecified atom stereocenters. The van der Waals surface area contributed by atoms with Crippen LogP contribution < -0.4 is 10.9 Å². The van der Waals surface area contributed by atoms with Gasteiger partial charge in [-0.25, -0.2) is 4.98 Å². The van der Waals surface area contributed by atoms with Gasteiger partial charge < -0.3 is 9.84 Å². The number of carbonyl (C=O) groups is 1. The number of carbonyl (C=O) groups excluding carboxylic acids is 1. The molecule has 1 amide bonds. The first-order valence-electron chi connectivity index (χ1n) is 8.25. The Morgan fingerprint density at radius 1 is 1.35 bits per heavy atom. The van der Waals surface area contributed by atoms with Crippen LogP contribution in [0.4, 0.5) is 5.95 Å². The molecule has 2 aromatic heterocycles. The molecule has 9 heteroatoms. The number of hydrogen-bond acceptors (Lipinski definition) is 6. The first-order valence-corrected chi connectivity index (χ1v) is 8.25. The predicted molar refractivity (Wildman–Crippen MR) is 92.8 cm³/mol. The minimum absolute atomic E-state index is 0.0369. The van der Waals surface area contributed by atoms with E-state index in [1.807, 2.05) is 6.07 Å². The number of H-pyrrole nitrogens is 1. The van der Waals surface area contributed by atoms with Crippen LogP contribution in [-0.2, 0) is 4.74 Å². The Bertz CT molecular complexity index is 997. The topological polar surface area (TPSA) is 122 Å². The van der Waals surface area contributed by atoms with Gasteiger partial charge in [-0.1, -0.05) is 18.2 Å². The maximum atomic E-state index is 12.3. The van der Waals surface area contributed by atoms with E-state index in [1.165, 1.54) is 6.33 Å². The van der Waals surface area contributed by atoms with Gasteiger partial charge in [-0.05, 0) is 25.0 Å². The molecule has 1 saturated heterocycles. The summed E-state index contributed by atoms with van der Waals surface area (Å²) in [6, 6.07) is 8.63. The largest absolute Gasteiger partial charge is 0.394 e. The van der Waals surface area contributed by atoms with E-state index in [2.05, 4.69) is 20.3 Å². The second-order valence-electron chi connectivity index (χ2n) is 6.03. The number of hydrogen-bond donors (Lipinski definition) is 3. The lowest BCUT2D eigenvalue weighted by Crippen LogP contribution is -2.19. The molecule has 0 bridgehead atoms. The molecule has 0 aliphatic carbocycles. The lowest BCUT2D eigenvalue weighted by Gasteiger charge is -2.14. The number of benzene rings is 1. The fourth-order valence-corrected chi connectivity index (χ4v) is 2.99. The van der Waals surface area contributed by atoms with Gasteiger partial charge in [-0.2, -0.15) is 4.98 Å². The Kier molecular flexibility index (Phi) is 4.23.